The maximum atomic E-state index is 14.7. The summed E-state index contributed by atoms with van der Waals surface area (Å²) in [5, 5.41) is 6.68. The average molecular weight is 363 g/mol. The van der Waals surface area contributed by atoms with Gasteiger partial charge in [0.25, 0.3) is 0 Å². The van der Waals surface area contributed by atoms with Gasteiger partial charge in [0.2, 0.25) is 10.0 Å². The Morgan fingerprint density at radius 1 is 1.12 bits per heavy atom. The molecule has 134 valence electrons. The van der Waals surface area contributed by atoms with Crippen molar-refractivity contribution in [1.29, 1.82) is 0 Å². The Balaban J connectivity index is 1.80. The highest BCUT2D eigenvalue weighted by Crippen LogP contribution is 2.31. The lowest BCUT2D eigenvalue weighted by Gasteiger charge is -2.28. The Bertz CT molecular complexity index is 885. The summed E-state index contributed by atoms with van der Waals surface area (Å²) >= 11 is 0. The molecule has 0 unspecified atom stereocenters. The lowest BCUT2D eigenvalue weighted by molar-refractivity contribution is 0.384. The van der Waals surface area contributed by atoms with Crippen LogP contribution in [0.15, 0.2) is 34.7 Å². The van der Waals surface area contributed by atoms with Crippen LogP contribution in [0.3, 0.4) is 0 Å². The van der Waals surface area contributed by atoms with Gasteiger partial charge in [-0.1, -0.05) is 29.8 Å². The van der Waals surface area contributed by atoms with Crippen LogP contribution in [0.25, 0.3) is 5.83 Å². The predicted molar refractivity (Wildman–Crippen MR) is 95.3 cm³/mol. The Hall–Kier alpha value is -1.99. The van der Waals surface area contributed by atoms with Crippen LogP contribution >= 0.6 is 0 Å². The van der Waals surface area contributed by atoms with Crippen molar-refractivity contribution in [3.8, 4) is 0 Å². The number of nitrogens with zero attached hydrogens (tertiary/aromatic N) is 2. The molecule has 0 spiro atoms. The normalized spacial score (nSPS) is 16.2. The zero-order valence-corrected chi connectivity index (χ0v) is 15.5. The second kappa shape index (κ2) is 6.72. The fraction of sp³-hybridized carbons (Fsp3) is 0.389. The van der Waals surface area contributed by atoms with Crippen molar-refractivity contribution >= 4 is 15.9 Å². The Labute approximate surface area is 147 Å². The minimum Gasteiger partial charge on any atom is -0.281 e. The number of halogens is 1. The number of piperidine rings is 1. The Morgan fingerprint density at radius 2 is 1.72 bits per heavy atom. The summed E-state index contributed by atoms with van der Waals surface area (Å²) in [5.74, 6) is -0.229. The first kappa shape index (κ1) is 17.8. The molecule has 1 N–H and O–H groups in total. The highest BCUT2D eigenvalue weighted by Gasteiger charge is 2.32. The maximum Gasteiger partial charge on any atom is 0.246 e. The monoisotopic (exact) mass is 363 g/mol. The molecule has 0 amide bonds. The van der Waals surface area contributed by atoms with Crippen molar-refractivity contribution in [3.63, 3.8) is 0 Å². The van der Waals surface area contributed by atoms with Crippen LogP contribution in [0.1, 0.15) is 35.4 Å². The molecule has 1 aliphatic rings. The summed E-state index contributed by atoms with van der Waals surface area (Å²) in [6.45, 7) is 5.88. The molecule has 1 aliphatic heterocycles. The largest absolute Gasteiger partial charge is 0.281 e. The van der Waals surface area contributed by atoms with E-state index in [0.29, 0.717) is 35.4 Å². The molecule has 0 aliphatic carbocycles. The number of sulfonamides is 1. The number of hydrogen-bond acceptors (Lipinski definition) is 3. The maximum absolute atomic E-state index is 14.7. The molecular weight excluding hydrogens is 341 g/mol. The highest BCUT2D eigenvalue weighted by atomic mass is 32.2. The number of nitrogens with one attached hydrogen (secondary N) is 1. The number of rotatable bonds is 3. The van der Waals surface area contributed by atoms with Crippen molar-refractivity contribution in [3.05, 3.63) is 52.4 Å². The van der Waals surface area contributed by atoms with Gasteiger partial charge in [0.05, 0.1) is 11.4 Å². The van der Waals surface area contributed by atoms with E-state index in [2.05, 4.69) is 10.2 Å². The first-order valence-electron chi connectivity index (χ1n) is 8.27. The Kier molecular flexibility index (Phi) is 4.79. The van der Waals surface area contributed by atoms with Gasteiger partial charge in [0.1, 0.15) is 10.7 Å². The van der Waals surface area contributed by atoms with Gasteiger partial charge in [-0.3, -0.25) is 5.10 Å². The molecule has 7 heteroatoms. The zero-order valence-electron chi connectivity index (χ0n) is 14.6. The fourth-order valence-corrected chi connectivity index (χ4v) is 4.94. The summed E-state index contributed by atoms with van der Waals surface area (Å²) in [6, 6.07) is 7.27. The van der Waals surface area contributed by atoms with Gasteiger partial charge in [0.15, 0.2) is 0 Å². The van der Waals surface area contributed by atoms with E-state index in [9.17, 15) is 12.8 Å². The lowest BCUT2D eigenvalue weighted by atomic mass is 10.0. The van der Waals surface area contributed by atoms with Gasteiger partial charge < -0.3 is 0 Å². The molecule has 1 fully saturated rings. The zero-order chi connectivity index (χ0) is 18.2. The molecule has 5 nitrogen and oxygen atoms in total. The van der Waals surface area contributed by atoms with Gasteiger partial charge in [-0.2, -0.15) is 9.40 Å². The topological polar surface area (TPSA) is 66.1 Å². The van der Waals surface area contributed by atoms with Gasteiger partial charge in [0, 0.05) is 18.7 Å². The Morgan fingerprint density at radius 3 is 2.24 bits per heavy atom. The standard InChI is InChI=1S/C18H22FN3O2S/c1-12-4-6-15(7-5-12)17(19)16-8-10-22(11-9-16)25(23,24)18-13(2)20-21-14(18)3/h4-7H,8-11H2,1-3H3,(H,20,21). The molecule has 0 radical (unpaired) electrons. The van der Waals surface area contributed by atoms with Gasteiger partial charge in [-0.05, 0) is 39.2 Å². The van der Waals surface area contributed by atoms with Crippen LogP contribution in [0.2, 0.25) is 0 Å². The summed E-state index contributed by atoms with van der Waals surface area (Å²) in [4.78, 5) is 0.235. The number of aromatic amines is 1. The van der Waals surface area contributed by atoms with Crippen LogP contribution in [-0.2, 0) is 10.0 Å². The molecule has 2 aromatic rings. The van der Waals surface area contributed by atoms with Crippen molar-refractivity contribution in [2.75, 3.05) is 13.1 Å². The van der Waals surface area contributed by atoms with Crippen molar-refractivity contribution in [2.24, 2.45) is 0 Å². The van der Waals surface area contributed by atoms with E-state index in [4.69, 9.17) is 0 Å². The molecule has 0 saturated carbocycles. The lowest BCUT2D eigenvalue weighted by Crippen LogP contribution is -2.37. The first-order chi connectivity index (χ1) is 11.8. The number of benzene rings is 1. The molecular formula is C18H22FN3O2S. The van der Waals surface area contributed by atoms with Crippen LogP contribution in [0, 0.1) is 20.8 Å². The van der Waals surface area contributed by atoms with Crippen molar-refractivity contribution < 1.29 is 12.8 Å². The number of aryl methyl sites for hydroxylation is 3. The number of H-pyrrole nitrogens is 1. The van der Waals surface area contributed by atoms with Crippen LogP contribution in [-0.4, -0.2) is 36.0 Å². The van der Waals surface area contributed by atoms with E-state index in [1.54, 1.807) is 26.0 Å². The molecule has 25 heavy (non-hydrogen) atoms. The fourth-order valence-electron chi connectivity index (χ4n) is 3.17. The van der Waals surface area contributed by atoms with Crippen molar-refractivity contribution in [1.82, 2.24) is 14.5 Å². The minimum absolute atomic E-state index is 0.229. The van der Waals surface area contributed by atoms with E-state index in [0.717, 1.165) is 5.56 Å². The molecule has 2 heterocycles. The van der Waals surface area contributed by atoms with Gasteiger partial charge in [-0.25, -0.2) is 12.8 Å². The van der Waals surface area contributed by atoms with Gasteiger partial charge in [-0.15, -0.1) is 0 Å². The first-order valence-corrected chi connectivity index (χ1v) is 9.71. The molecule has 0 atom stereocenters. The summed E-state index contributed by atoms with van der Waals surface area (Å²) in [6.07, 6.45) is 0.795. The van der Waals surface area contributed by atoms with E-state index >= 15 is 0 Å². The van der Waals surface area contributed by atoms with Crippen LogP contribution < -0.4 is 0 Å². The van der Waals surface area contributed by atoms with E-state index < -0.39 is 10.0 Å². The molecule has 3 rings (SSSR count). The second-order valence-electron chi connectivity index (χ2n) is 6.45. The number of aromatic nitrogens is 2. The third-order valence-corrected chi connectivity index (χ3v) is 6.76. The SMILES string of the molecule is Cc1ccc(C(F)=C2CCN(S(=O)(=O)c3c(C)n[nH]c3C)CC2)cc1. The summed E-state index contributed by atoms with van der Waals surface area (Å²) in [7, 11) is -3.60. The second-order valence-corrected chi connectivity index (χ2v) is 8.33. The third-order valence-electron chi connectivity index (χ3n) is 4.60. The number of hydrogen-bond donors (Lipinski definition) is 1. The van der Waals surface area contributed by atoms with E-state index in [1.165, 1.54) is 4.31 Å². The quantitative estimate of drug-likeness (QED) is 0.908. The van der Waals surface area contributed by atoms with Crippen LogP contribution in [0.4, 0.5) is 4.39 Å². The molecule has 0 bridgehead atoms. The minimum atomic E-state index is -3.60. The summed E-state index contributed by atoms with van der Waals surface area (Å²) < 4.78 is 41.8. The molecule has 1 aromatic carbocycles. The molecule has 1 saturated heterocycles. The summed E-state index contributed by atoms with van der Waals surface area (Å²) in [5.41, 5.74) is 3.30. The van der Waals surface area contributed by atoms with E-state index in [-0.39, 0.29) is 23.8 Å². The highest BCUT2D eigenvalue weighted by molar-refractivity contribution is 7.89. The van der Waals surface area contributed by atoms with E-state index in [1.807, 2.05) is 19.1 Å². The van der Waals surface area contributed by atoms with Gasteiger partial charge >= 0.3 is 0 Å². The van der Waals surface area contributed by atoms with Crippen molar-refractivity contribution in [2.45, 2.75) is 38.5 Å². The van der Waals surface area contributed by atoms with Crippen LogP contribution in [0.5, 0.6) is 0 Å². The average Bonchev–Trinajstić information content (AvgIpc) is 2.94. The molecule has 1 aromatic heterocycles. The predicted octanol–water partition coefficient (Wildman–Crippen LogP) is 3.50. The third kappa shape index (κ3) is 3.39. The smallest absolute Gasteiger partial charge is 0.246 e.